The molecule has 0 bridgehead atoms. The van der Waals surface area contributed by atoms with Crippen molar-refractivity contribution in [2.45, 2.75) is 19.4 Å². The normalized spacial score (nSPS) is 23.9. The summed E-state index contributed by atoms with van der Waals surface area (Å²) in [6.45, 7) is 4.58. The second kappa shape index (κ2) is 6.81. The van der Waals surface area contributed by atoms with E-state index in [2.05, 4.69) is 10.2 Å². The Kier molecular flexibility index (Phi) is 4.52. The van der Waals surface area contributed by atoms with Crippen molar-refractivity contribution in [1.29, 1.82) is 0 Å². The quantitative estimate of drug-likeness (QED) is 0.932. The molecule has 2 saturated heterocycles. The van der Waals surface area contributed by atoms with Crippen molar-refractivity contribution in [2.75, 3.05) is 40.3 Å². The van der Waals surface area contributed by atoms with E-state index in [0.717, 1.165) is 67.4 Å². The molecule has 0 spiro atoms. The number of hydrogen-bond donors (Lipinski definition) is 1. The van der Waals surface area contributed by atoms with E-state index in [1.165, 1.54) is 0 Å². The third kappa shape index (κ3) is 3.18. The molecule has 1 aromatic carbocycles. The molecule has 25 heavy (non-hydrogen) atoms. The zero-order valence-corrected chi connectivity index (χ0v) is 15.1. The van der Waals surface area contributed by atoms with Crippen LogP contribution in [0.15, 0.2) is 28.7 Å². The molecule has 134 valence electrons. The predicted molar refractivity (Wildman–Crippen MR) is 98.6 cm³/mol. The van der Waals surface area contributed by atoms with E-state index in [0.29, 0.717) is 12.3 Å². The Morgan fingerprint density at radius 1 is 1.20 bits per heavy atom. The van der Waals surface area contributed by atoms with Gasteiger partial charge >= 0.3 is 0 Å². The Hall–Kier alpha value is -1.85. The van der Waals surface area contributed by atoms with Gasteiger partial charge in [0, 0.05) is 30.6 Å². The van der Waals surface area contributed by atoms with E-state index in [4.69, 9.17) is 4.42 Å². The van der Waals surface area contributed by atoms with Crippen molar-refractivity contribution in [3.63, 3.8) is 0 Å². The number of nitrogens with one attached hydrogen (secondary N) is 1. The minimum Gasteiger partial charge on any atom is -0.451 e. The molecular formula is C20H27N3O2. The lowest BCUT2D eigenvalue weighted by Gasteiger charge is -2.20. The fourth-order valence-corrected chi connectivity index (χ4v) is 4.31. The summed E-state index contributed by atoms with van der Waals surface area (Å²) in [5.41, 5.74) is 1.82. The lowest BCUT2D eigenvalue weighted by molar-refractivity contribution is 0.0726. The summed E-state index contributed by atoms with van der Waals surface area (Å²) >= 11 is 0. The van der Waals surface area contributed by atoms with Crippen LogP contribution in [-0.4, -0.2) is 56.0 Å². The average Bonchev–Trinajstić information content (AvgIpc) is 3.14. The fraction of sp³-hybridized carbons (Fsp3) is 0.550. The zero-order valence-electron chi connectivity index (χ0n) is 15.1. The van der Waals surface area contributed by atoms with Crippen LogP contribution in [0.5, 0.6) is 0 Å². The van der Waals surface area contributed by atoms with Gasteiger partial charge in [0.1, 0.15) is 5.58 Å². The molecule has 4 rings (SSSR count). The molecule has 2 aromatic rings. The Labute approximate surface area is 149 Å². The minimum absolute atomic E-state index is 0.0565. The molecule has 5 nitrogen and oxygen atoms in total. The monoisotopic (exact) mass is 341 g/mol. The summed E-state index contributed by atoms with van der Waals surface area (Å²) in [5, 5.41) is 4.54. The number of furan rings is 1. The Bertz CT molecular complexity index is 753. The molecule has 2 fully saturated rings. The summed E-state index contributed by atoms with van der Waals surface area (Å²) in [6.07, 6.45) is 2.18. The molecule has 1 amide bonds. The van der Waals surface area contributed by atoms with E-state index >= 15 is 0 Å². The van der Waals surface area contributed by atoms with E-state index in [-0.39, 0.29) is 5.91 Å². The van der Waals surface area contributed by atoms with Crippen molar-refractivity contribution < 1.29 is 9.21 Å². The van der Waals surface area contributed by atoms with E-state index in [1.54, 1.807) is 0 Å². The number of fused-ring (bicyclic) bond motifs is 2. The standard InChI is InChI=1S/C20H27N3O2/c1-22(2)13-17-16-5-3-4-6-18(16)25-19(17)20(24)23-9-7-14-11-21-12-15(14)8-10-23/h3-6,14-15,21H,7-13H2,1-2H3/t14-,15+. The Morgan fingerprint density at radius 2 is 1.88 bits per heavy atom. The smallest absolute Gasteiger partial charge is 0.289 e. The average molecular weight is 341 g/mol. The Balaban J connectivity index is 1.63. The van der Waals surface area contributed by atoms with Crippen LogP contribution in [0.2, 0.25) is 0 Å². The largest absolute Gasteiger partial charge is 0.451 e. The lowest BCUT2D eigenvalue weighted by Crippen LogP contribution is -2.33. The van der Waals surface area contributed by atoms with Gasteiger partial charge in [-0.25, -0.2) is 0 Å². The first-order valence-corrected chi connectivity index (χ1v) is 9.28. The first-order chi connectivity index (χ1) is 12.1. The number of carbonyl (C=O) groups is 1. The highest BCUT2D eigenvalue weighted by Crippen LogP contribution is 2.31. The molecule has 3 heterocycles. The second-order valence-electron chi connectivity index (χ2n) is 7.69. The van der Waals surface area contributed by atoms with Gasteiger partial charge in [-0.1, -0.05) is 18.2 Å². The highest BCUT2D eigenvalue weighted by Gasteiger charge is 2.33. The van der Waals surface area contributed by atoms with E-state index in [1.807, 2.05) is 43.3 Å². The van der Waals surface area contributed by atoms with Crippen molar-refractivity contribution in [1.82, 2.24) is 15.1 Å². The molecule has 5 heteroatoms. The number of amides is 1. The van der Waals surface area contributed by atoms with Crippen LogP contribution >= 0.6 is 0 Å². The summed E-state index contributed by atoms with van der Waals surface area (Å²) in [7, 11) is 4.05. The van der Waals surface area contributed by atoms with Crippen LogP contribution in [0.4, 0.5) is 0 Å². The van der Waals surface area contributed by atoms with Gasteiger partial charge in [-0.05, 0) is 57.9 Å². The molecule has 0 saturated carbocycles. The van der Waals surface area contributed by atoms with Crippen molar-refractivity contribution >= 4 is 16.9 Å². The summed E-state index contributed by atoms with van der Waals surface area (Å²) in [5.74, 6) is 2.02. The molecular weight excluding hydrogens is 314 g/mol. The van der Waals surface area contributed by atoms with Gasteiger partial charge in [0.25, 0.3) is 5.91 Å². The second-order valence-corrected chi connectivity index (χ2v) is 7.69. The summed E-state index contributed by atoms with van der Waals surface area (Å²) in [4.78, 5) is 17.3. The van der Waals surface area contributed by atoms with Crippen molar-refractivity contribution in [3.05, 3.63) is 35.6 Å². The Morgan fingerprint density at radius 3 is 2.56 bits per heavy atom. The van der Waals surface area contributed by atoms with Gasteiger partial charge in [-0.3, -0.25) is 4.79 Å². The predicted octanol–water partition coefficient (Wildman–Crippen LogP) is 2.57. The number of para-hydroxylation sites is 1. The summed E-state index contributed by atoms with van der Waals surface area (Å²) in [6, 6.07) is 7.96. The number of benzene rings is 1. The number of carbonyl (C=O) groups excluding carboxylic acids is 1. The molecule has 2 aliphatic rings. The fourth-order valence-electron chi connectivity index (χ4n) is 4.31. The van der Waals surface area contributed by atoms with E-state index in [9.17, 15) is 4.79 Å². The lowest BCUT2D eigenvalue weighted by atomic mass is 9.92. The van der Waals surface area contributed by atoms with Crippen molar-refractivity contribution in [3.8, 4) is 0 Å². The van der Waals surface area contributed by atoms with Crippen LogP contribution in [0.1, 0.15) is 29.0 Å². The van der Waals surface area contributed by atoms with Gasteiger partial charge < -0.3 is 19.5 Å². The maximum absolute atomic E-state index is 13.2. The summed E-state index contributed by atoms with van der Waals surface area (Å²) < 4.78 is 6.02. The minimum atomic E-state index is 0.0565. The van der Waals surface area contributed by atoms with Crippen LogP contribution in [0.25, 0.3) is 11.0 Å². The number of hydrogen-bond acceptors (Lipinski definition) is 4. The van der Waals surface area contributed by atoms with Crippen LogP contribution in [0, 0.1) is 11.8 Å². The zero-order chi connectivity index (χ0) is 17.4. The third-order valence-corrected chi connectivity index (χ3v) is 5.67. The molecule has 1 N–H and O–H groups in total. The van der Waals surface area contributed by atoms with Gasteiger partial charge in [0.2, 0.25) is 0 Å². The SMILES string of the molecule is CN(C)Cc1c(C(=O)N2CC[C@@H]3CNC[C@@H]3CC2)oc2ccccc12. The van der Waals surface area contributed by atoms with Gasteiger partial charge in [-0.15, -0.1) is 0 Å². The topological polar surface area (TPSA) is 48.7 Å². The van der Waals surface area contributed by atoms with E-state index < -0.39 is 0 Å². The van der Waals surface area contributed by atoms with Gasteiger partial charge in [0.15, 0.2) is 5.76 Å². The molecule has 2 aliphatic heterocycles. The maximum Gasteiger partial charge on any atom is 0.289 e. The molecule has 0 unspecified atom stereocenters. The molecule has 0 radical (unpaired) electrons. The number of rotatable bonds is 3. The molecule has 1 aromatic heterocycles. The first kappa shape index (κ1) is 16.6. The molecule has 0 aliphatic carbocycles. The first-order valence-electron chi connectivity index (χ1n) is 9.28. The third-order valence-electron chi connectivity index (χ3n) is 5.67. The highest BCUT2D eigenvalue weighted by atomic mass is 16.3. The van der Waals surface area contributed by atoms with Crippen LogP contribution < -0.4 is 5.32 Å². The van der Waals surface area contributed by atoms with Gasteiger partial charge in [-0.2, -0.15) is 0 Å². The maximum atomic E-state index is 13.2. The number of likely N-dealkylation sites (tertiary alicyclic amines) is 1. The highest BCUT2D eigenvalue weighted by molar-refractivity contribution is 5.99. The number of nitrogens with zero attached hydrogens (tertiary/aromatic N) is 2. The van der Waals surface area contributed by atoms with Crippen LogP contribution in [-0.2, 0) is 6.54 Å². The molecule has 2 atom stereocenters. The van der Waals surface area contributed by atoms with Crippen LogP contribution in [0.3, 0.4) is 0 Å². The van der Waals surface area contributed by atoms with Crippen molar-refractivity contribution in [2.24, 2.45) is 11.8 Å². The van der Waals surface area contributed by atoms with Gasteiger partial charge in [0.05, 0.1) is 0 Å².